The first-order valence-electron chi connectivity index (χ1n) is 11.0. The predicted molar refractivity (Wildman–Crippen MR) is 118 cm³/mol. The molecule has 4 rings (SSSR count). The Morgan fingerprint density at radius 3 is 1.91 bits per heavy atom. The molecule has 0 aliphatic carbocycles. The van der Waals surface area contributed by atoms with Crippen LogP contribution in [0.15, 0.2) is 48.5 Å². The summed E-state index contributed by atoms with van der Waals surface area (Å²) >= 11 is 0. The molecule has 1 heterocycles. The van der Waals surface area contributed by atoms with Crippen molar-refractivity contribution >= 4 is 0 Å². The molecule has 0 bridgehead atoms. The van der Waals surface area contributed by atoms with Crippen molar-refractivity contribution in [3.63, 3.8) is 0 Å². The summed E-state index contributed by atoms with van der Waals surface area (Å²) < 4.78 is 63.4. The Bertz CT molecular complexity index is 1050. The van der Waals surface area contributed by atoms with E-state index in [2.05, 4.69) is 6.92 Å². The molecule has 0 N–H and O–H groups in total. The van der Waals surface area contributed by atoms with Gasteiger partial charge in [0.05, 0.1) is 18.3 Å². The van der Waals surface area contributed by atoms with Crippen molar-refractivity contribution in [2.24, 2.45) is 5.92 Å². The van der Waals surface area contributed by atoms with Crippen molar-refractivity contribution in [3.05, 3.63) is 82.9 Å². The third-order valence-corrected chi connectivity index (χ3v) is 6.29. The maximum Gasteiger partial charge on any atom is 0.134 e. The molecule has 1 aliphatic rings. The molecule has 1 saturated heterocycles. The van der Waals surface area contributed by atoms with Crippen LogP contribution in [-0.2, 0) is 4.74 Å². The molecule has 0 radical (unpaired) electrons. The Kier molecular flexibility index (Phi) is 6.66. The molecular weight excluding hydrogens is 416 g/mol. The average molecular weight is 442 g/mol. The zero-order valence-electron chi connectivity index (χ0n) is 18.2. The van der Waals surface area contributed by atoms with Crippen LogP contribution in [0.1, 0.15) is 49.8 Å². The minimum atomic E-state index is -0.871. The molecule has 2 unspecified atom stereocenters. The van der Waals surface area contributed by atoms with Crippen LogP contribution in [0.4, 0.5) is 17.6 Å². The monoisotopic (exact) mass is 442 g/mol. The second kappa shape index (κ2) is 9.45. The van der Waals surface area contributed by atoms with Gasteiger partial charge >= 0.3 is 0 Å². The minimum absolute atomic E-state index is 0.0411. The van der Waals surface area contributed by atoms with Crippen LogP contribution in [0.25, 0.3) is 22.3 Å². The normalized spacial score (nSPS) is 18.7. The maximum absolute atomic E-state index is 14.8. The molecule has 1 fully saturated rings. The van der Waals surface area contributed by atoms with Crippen LogP contribution in [0.3, 0.4) is 0 Å². The quantitative estimate of drug-likeness (QED) is 0.362. The first kappa shape index (κ1) is 22.5. The molecular formula is C27H26F4O. The standard InChI is InChI=1S/C27H26F4O/c1-3-4-17-5-10-26(32-15-17)19-8-6-18(7-9-19)20-11-24(30)27(25(31)12-20)21-13-22(28)16(2)23(29)14-21/h6-9,11-14,17,26H,3-5,10,15H2,1-2H3. The molecule has 5 heteroatoms. The second-order valence-corrected chi connectivity index (χ2v) is 8.56. The van der Waals surface area contributed by atoms with E-state index in [1.165, 1.54) is 25.5 Å². The molecule has 32 heavy (non-hydrogen) atoms. The Balaban J connectivity index is 1.56. The Morgan fingerprint density at radius 1 is 0.781 bits per heavy atom. The van der Waals surface area contributed by atoms with Gasteiger partial charge in [-0.15, -0.1) is 0 Å². The van der Waals surface area contributed by atoms with Crippen LogP contribution >= 0.6 is 0 Å². The highest BCUT2D eigenvalue weighted by Crippen LogP contribution is 2.35. The molecule has 0 saturated carbocycles. The van der Waals surface area contributed by atoms with Crippen LogP contribution in [0.2, 0.25) is 0 Å². The lowest BCUT2D eigenvalue weighted by Gasteiger charge is -2.29. The second-order valence-electron chi connectivity index (χ2n) is 8.56. The fraction of sp³-hybridized carbons (Fsp3) is 0.333. The first-order chi connectivity index (χ1) is 15.4. The van der Waals surface area contributed by atoms with Crippen LogP contribution < -0.4 is 0 Å². The van der Waals surface area contributed by atoms with Crippen LogP contribution in [0.5, 0.6) is 0 Å². The van der Waals surface area contributed by atoms with E-state index in [1.807, 2.05) is 24.3 Å². The molecule has 0 spiro atoms. The zero-order chi connectivity index (χ0) is 22.8. The lowest BCUT2D eigenvalue weighted by molar-refractivity contribution is -0.0194. The number of ether oxygens (including phenoxy) is 1. The van der Waals surface area contributed by atoms with Crippen LogP contribution in [-0.4, -0.2) is 6.61 Å². The van der Waals surface area contributed by atoms with Crippen molar-refractivity contribution in [3.8, 4) is 22.3 Å². The van der Waals surface area contributed by atoms with Crippen molar-refractivity contribution in [2.45, 2.75) is 45.6 Å². The summed E-state index contributed by atoms with van der Waals surface area (Å²) in [5, 5.41) is 0. The maximum atomic E-state index is 14.8. The van der Waals surface area contributed by atoms with E-state index in [4.69, 9.17) is 4.74 Å². The fourth-order valence-corrected chi connectivity index (χ4v) is 4.40. The average Bonchev–Trinajstić information content (AvgIpc) is 2.78. The molecule has 2 atom stereocenters. The van der Waals surface area contributed by atoms with E-state index in [9.17, 15) is 17.6 Å². The SMILES string of the molecule is CCCC1CCC(c2ccc(-c3cc(F)c(-c4cc(F)c(C)c(F)c4)c(F)c3)cc2)OC1. The van der Waals surface area contributed by atoms with E-state index < -0.39 is 28.8 Å². The summed E-state index contributed by atoms with van der Waals surface area (Å²) in [6.45, 7) is 4.22. The Labute approximate surface area is 186 Å². The van der Waals surface area contributed by atoms with Gasteiger partial charge in [-0.2, -0.15) is 0 Å². The third kappa shape index (κ3) is 4.58. The zero-order valence-corrected chi connectivity index (χ0v) is 18.2. The van der Waals surface area contributed by atoms with Gasteiger partial charge in [-0.05, 0) is 78.6 Å². The van der Waals surface area contributed by atoms with E-state index in [-0.39, 0.29) is 17.2 Å². The van der Waals surface area contributed by atoms with Gasteiger partial charge in [-0.3, -0.25) is 0 Å². The van der Waals surface area contributed by atoms with Crippen molar-refractivity contribution in [2.75, 3.05) is 6.61 Å². The fourth-order valence-electron chi connectivity index (χ4n) is 4.40. The Morgan fingerprint density at radius 2 is 1.38 bits per heavy atom. The van der Waals surface area contributed by atoms with Gasteiger partial charge in [-0.25, -0.2) is 17.6 Å². The van der Waals surface area contributed by atoms with Gasteiger partial charge in [0, 0.05) is 5.56 Å². The number of benzene rings is 3. The van der Waals surface area contributed by atoms with Gasteiger partial charge in [-0.1, -0.05) is 37.6 Å². The highest BCUT2D eigenvalue weighted by molar-refractivity contribution is 5.72. The topological polar surface area (TPSA) is 9.23 Å². The lowest BCUT2D eigenvalue weighted by Crippen LogP contribution is -2.20. The minimum Gasteiger partial charge on any atom is -0.373 e. The van der Waals surface area contributed by atoms with Gasteiger partial charge < -0.3 is 4.74 Å². The number of hydrogen-bond acceptors (Lipinski definition) is 1. The molecule has 1 nitrogen and oxygen atoms in total. The molecule has 0 aromatic heterocycles. The van der Waals surface area contributed by atoms with E-state index in [1.54, 1.807) is 0 Å². The summed E-state index contributed by atoms with van der Waals surface area (Å²) in [6, 6.07) is 11.8. The predicted octanol–water partition coefficient (Wildman–Crippen LogP) is 8.15. The van der Waals surface area contributed by atoms with Crippen molar-refractivity contribution < 1.29 is 22.3 Å². The molecule has 3 aromatic rings. The Hall–Kier alpha value is -2.66. The van der Waals surface area contributed by atoms with Crippen LogP contribution in [0, 0.1) is 36.1 Å². The molecule has 168 valence electrons. The highest BCUT2D eigenvalue weighted by Gasteiger charge is 2.23. The van der Waals surface area contributed by atoms with Gasteiger partial charge in [0.25, 0.3) is 0 Å². The van der Waals surface area contributed by atoms with E-state index >= 15 is 0 Å². The summed E-state index contributed by atoms with van der Waals surface area (Å²) in [6.07, 6.45) is 4.48. The van der Waals surface area contributed by atoms with Crippen molar-refractivity contribution in [1.29, 1.82) is 0 Å². The summed E-state index contributed by atoms with van der Waals surface area (Å²) in [7, 11) is 0. The number of rotatable bonds is 5. The number of halogens is 4. The first-order valence-corrected chi connectivity index (χ1v) is 11.0. The summed E-state index contributed by atoms with van der Waals surface area (Å²) in [5.74, 6) is -2.81. The summed E-state index contributed by atoms with van der Waals surface area (Å²) in [4.78, 5) is 0. The van der Waals surface area contributed by atoms with Gasteiger partial charge in [0.2, 0.25) is 0 Å². The van der Waals surface area contributed by atoms with E-state index in [0.29, 0.717) is 17.0 Å². The summed E-state index contributed by atoms with van der Waals surface area (Å²) in [5.41, 5.74) is 1.26. The largest absolute Gasteiger partial charge is 0.373 e. The number of hydrogen-bond donors (Lipinski definition) is 0. The smallest absolute Gasteiger partial charge is 0.134 e. The van der Waals surface area contributed by atoms with Gasteiger partial charge in [0.15, 0.2) is 0 Å². The van der Waals surface area contributed by atoms with E-state index in [0.717, 1.165) is 43.6 Å². The molecule has 0 amide bonds. The lowest BCUT2D eigenvalue weighted by atomic mass is 9.91. The molecule has 3 aromatic carbocycles. The van der Waals surface area contributed by atoms with Gasteiger partial charge in [0.1, 0.15) is 23.3 Å². The molecule has 1 aliphatic heterocycles. The van der Waals surface area contributed by atoms with Crippen molar-refractivity contribution in [1.82, 2.24) is 0 Å². The highest BCUT2D eigenvalue weighted by atomic mass is 19.1. The third-order valence-electron chi connectivity index (χ3n) is 6.29.